The zero-order valence-corrected chi connectivity index (χ0v) is 5.45. The Bertz CT molecular complexity index is 84.3. The Morgan fingerprint density at radius 3 is 2.56 bits per heavy atom. The van der Waals surface area contributed by atoms with Crippen LogP contribution in [0.5, 0.6) is 0 Å². The molecule has 9 heavy (non-hydrogen) atoms. The molecule has 0 aromatic rings. The van der Waals surface area contributed by atoms with Crippen molar-refractivity contribution in [1.29, 1.82) is 0 Å². The van der Waals surface area contributed by atoms with Crippen LogP contribution in [0.2, 0.25) is 0 Å². The molecule has 0 amide bonds. The van der Waals surface area contributed by atoms with Crippen molar-refractivity contribution in [2.75, 3.05) is 6.61 Å². The van der Waals surface area contributed by atoms with Gasteiger partial charge in [-0.15, -0.1) is 0 Å². The average molecular weight is 132 g/mol. The molecule has 1 saturated heterocycles. The molecule has 1 aliphatic rings. The summed E-state index contributed by atoms with van der Waals surface area (Å²) in [6.07, 6.45) is -0.0724. The van der Waals surface area contributed by atoms with E-state index in [1.165, 1.54) is 0 Å². The fourth-order valence-corrected chi connectivity index (χ4v) is 1.03. The van der Waals surface area contributed by atoms with Crippen molar-refractivity contribution in [2.24, 2.45) is 0 Å². The molecule has 2 N–H and O–H groups in total. The van der Waals surface area contributed by atoms with Crippen molar-refractivity contribution in [2.45, 2.75) is 31.7 Å². The summed E-state index contributed by atoms with van der Waals surface area (Å²) in [5, 5.41) is 17.6. The number of rotatable bonds is 1. The van der Waals surface area contributed by atoms with Gasteiger partial charge in [-0.3, -0.25) is 0 Å². The lowest BCUT2D eigenvalue weighted by molar-refractivity contribution is 0.000607. The maximum atomic E-state index is 9.06. The second kappa shape index (κ2) is 2.64. The Kier molecular flexibility index (Phi) is 2.05. The summed E-state index contributed by atoms with van der Waals surface area (Å²) < 4.78 is 5.12. The minimum Gasteiger partial charge on any atom is -0.394 e. The maximum Gasteiger partial charge on any atom is 0.0836 e. The van der Waals surface area contributed by atoms with Gasteiger partial charge in [-0.2, -0.15) is 0 Å². The molecule has 0 aromatic heterocycles. The van der Waals surface area contributed by atoms with Crippen LogP contribution in [-0.2, 0) is 4.74 Å². The van der Waals surface area contributed by atoms with Crippen LogP contribution in [-0.4, -0.2) is 35.1 Å². The third-order valence-corrected chi connectivity index (χ3v) is 1.66. The highest BCUT2D eigenvalue weighted by Crippen LogP contribution is 2.18. The summed E-state index contributed by atoms with van der Waals surface area (Å²) in [6, 6.07) is 0. The molecule has 1 aliphatic heterocycles. The first-order valence-corrected chi connectivity index (χ1v) is 3.18. The molecule has 0 spiro atoms. The normalized spacial score (nSPS) is 43.7. The molecule has 3 nitrogen and oxygen atoms in total. The Balaban J connectivity index is 2.35. The van der Waals surface area contributed by atoms with E-state index in [0.29, 0.717) is 6.42 Å². The summed E-state index contributed by atoms with van der Waals surface area (Å²) in [5.41, 5.74) is 0. The van der Waals surface area contributed by atoms with Crippen LogP contribution in [0.4, 0.5) is 0 Å². The molecule has 3 unspecified atom stereocenters. The van der Waals surface area contributed by atoms with Crippen LogP contribution in [0, 0.1) is 0 Å². The Labute approximate surface area is 54.3 Å². The van der Waals surface area contributed by atoms with Crippen LogP contribution in [0.25, 0.3) is 0 Å². The molecule has 1 rings (SSSR count). The lowest BCUT2D eigenvalue weighted by Crippen LogP contribution is -2.15. The lowest BCUT2D eigenvalue weighted by atomic mass is 10.2. The van der Waals surface area contributed by atoms with Gasteiger partial charge in [0.05, 0.1) is 24.9 Å². The van der Waals surface area contributed by atoms with Gasteiger partial charge in [-0.05, 0) is 6.92 Å². The predicted octanol–water partition coefficient (Wildman–Crippen LogP) is -0.483. The zero-order valence-electron chi connectivity index (χ0n) is 5.45. The molecule has 1 fully saturated rings. The van der Waals surface area contributed by atoms with E-state index in [9.17, 15) is 0 Å². The van der Waals surface area contributed by atoms with Crippen LogP contribution in [0.15, 0.2) is 0 Å². The van der Waals surface area contributed by atoms with Crippen molar-refractivity contribution in [3.63, 3.8) is 0 Å². The minimum absolute atomic E-state index is 0.0153. The summed E-state index contributed by atoms with van der Waals surface area (Å²) in [4.78, 5) is 0. The highest BCUT2D eigenvalue weighted by atomic mass is 16.5. The van der Waals surface area contributed by atoms with Crippen LogP contribution in [0.1, 0.15) is 13.3 Å². The van der Waals surface area contributed by atoms with Gasteiger partial charge >= 0.3 is 0 Å². The SMILES string of the molecule is CC1OC(CO)CC1O. The first-order chi connectivity index (χ1) is 4.24. The Morgan fingerprint density at radius 1 is 1.67 bits per heavy atom. The monoisotopic (exact) mass is 132 g/mol. The highest BCUT2D eigenvalue weighted by Gasteiger charge is 2.29. The van der Waals surface area contributed by atoms with E-state index in [-0.39, 0.29) is 24.9 Å². The highest BCUT2D eigenvalue weighted by molar-refractivity contribution is 4.77. The van der Waals surface area contributed by atoms with Crippen molar-refractivity contribution in [1.82, 2.24) is 0 Å². The molecule has 0 saturated carbocycles. The smallest absolute Gasteiger partial charge is 0.0836 e. The molecule has 1 heterocycles. The molecule has 0 bridgehead atoms. The topological polar surface area (TPSA) is 49.7 Å². The molecular weight excluding hydrogens is 120 g/mol. The van der Waals surface area contributed by atoms with Gasteiger partial charge in [0.1, 0.15) is 0 Å². The second-order valence-electron chi connectivity index (χ2n) is 2.45. The summed E-state index contributed by atoms with van der Waals surface area (Å²) >= 11 is 0. The molecule has 0 radical (unpaired) electrons. The van der Waals surface area contributed by atoms with Gasteiger partial charge in [-0.1, -0.05) is 0 Å². The van der Waals surface area contributed by atoms with Gasteiger partial charge in [0.2, 0.25) is 0 Å². The van der Waals surface area contributed by atoms with Crippen molar-refractivity contribution >= 4 is 0 Å². The van der Waals surface area contributed by atoms with Gasteiger partial charge < -0.3 is 14.9 Å². The van der Waals surface area contributed by atoms with E-state index >= 15 is 0 Å². The van der Waals surface area contributed by atoms with E-state index < -0.39 is 0 Å². The number of hydrogen-bond donors (Lipinski definition) is 2. The maximum absolute atomic E-state index is 9.06. The fourth-order valence-electron chi connectivity index (χ4n) is 1.03. The van der Waals surface area contributed by atoms with Crippen molar-refractivity contribution in [3.05, 3.63) is 0 Å². The predicted molar refractivity (Wildman–Crippen MR) is 32.0 cm³/mol. The van der Waals surface area contributed by atoms with E-state index in [4.69, 9.17) is 14.9 Å². The largest absolute Gasteiger partial charge is 0.394 e. The van der Waals surface area contributed by atoms with Gasteiger partial charge in [0, 0.05) is 6.42 Å². The zero-order chi connectivity index (χ0) is 6.85. The molecule has 0 aliphatic carbocycles. The van der Waals surface area contributed by atoms with Crippen LogP contribution < -0.4 is 0 Å². The fraction of sp³-hybridized carbons (Fsp3) is 1.00. The second-order valence-corrected chi connectivity index (χ2v) is 2.45. The third kappa shape index (κ3) is 1.41. The quantitative estimate of drug-likeness (QED) is 0.506. The molecule has 3 heteroatoms. The van der Waals surface area contributed by atoms with E-state index in [0.717, 1.165) is 0 Å². The van der Waals surface area contributed by atoms with E-state index in [1.807, 2.05) is 0 Å². The molecule has 0 aromatic carbocycles. The van der Waals surface area contributed by atoms with Crippen LogP contribution in [0.3, 0.4) is 0 Å². The number of hydrogen-bond acceptors (Lipinski definition) is 3. The molecule has 54 valence electrons. The summed E-state index contributed by atoms with van der Waals surface area (Å²) in [5.74, 6) is 0. The van der Waals surface area contributed by atoms with Gasteiger partial charge in [0.15, 0.2) is 0 Å². The Morgan fingerprint density at radius 2 is 2.33 bits per heavy atom. The number of aliphatic hydroxyl groups excluding tert-OH is 2. The van der Waals surface area contributed by atoms with Crippen molar-refractivity contribution < 1.29 is 14.9 Å². The standard InChI is InChI=1S/C6H12O3/c1-4-6(8)2-5(3-7)9-4/h4-8H,2-3H2,1H3. The molecular formula is C6H12O3. The molecule has 3 atom stereocenters. The van der Waals surface area contributed by atoms with Gasteiger partial charge in [-0.25, -0.2) is 0 Å². The lowest BCUT2D eigenvalue weighted by Gasteiger charge is -2.05. The Hall–Kier alpha value is -0.120. The van der Waals surface area contributed by atoms with E-state index in [1.54, 1.807) is 6.92 Å². The average Bonchev–Trinajstić information content (AvgIpc) is 2.13. The first-order valence-electron chi connectivity index (χ1n) is 3.18. The van der Waals surface area contributed by atoms with E-state index in [2.05, 4.69) is 0 Å². The number of ether oxygens (including phenoxy) is 1. The van der Waals surface area contributed by atoms with Gasteiger partial charge in [0.25, 0.3) is 0 Å². The summed E-state index contributed by atoms with van der Waals surface area (Å²) in [6.45, 7) is 1.82. The van der Waals surface area contributed by atoms with Crippen molar-refractivity contribution in [3.8, 4) is 0 Å². The third-order valence-electron chi connectivity index (χ3n) is 1.66. The number of aliphatic hydroxyl groups is 2. The minimum atomic E-state index is -0.387. The van der Waals surface area contributed by atoms with Crippen LogP contribution >= 0.6 is 0 Å². The summed E-state index contributed by atoms with van der Waals surface area (Å²) in [7, 11) is 0. The first kappa shape index (κ1) is 6.99.